The maximum absolute atomic E-state index is 5.81. The highest BCUT2D eigenvalue weighted by molar-refractivity contribution is 5.85. The third-order valence-electron chi connectivity index (χ3n) is 2.86. The lowest BCUT2D eigenvalue weighted by atomic mass is 10.1. The summed E-state index contributed by atoms with van der Waals surface area (Å²) in [5, 5.41) is 2.44. The molecule has 1 aliphatic heterocycles. The third-order valence-corrected chi connectivity index (χ3v) is 2.86. The van der Waals surface area contributed by atoms with Gasteiger partial charge in [-0.2, -0.15) is 0 Å². The third kappa shape index (κ3) is 1.55. The van der Waals surface area contributed by atoms with Gasteiger partial charge in [-0.05, 0) is 22.9 Å². The van der Waals surface area contributed by atoms with E-state index in [-0.39, 0.29) is 0 Å². The van der Waals surface area contributed by atoms with Crippen LogP contribution in [0.5, 0.6) is 5.75 Å². The van der Waals surface area contributed by atoms with E-state index >= 15 is 0 Å². The van der Waals surface area contributed by atoms with E-state index in [2.05, 4.69) is 24.3 Å². The molecule has 82 valence electrons. The molecule has 0 amide bonds. The monoisotopic (exact) mass is 214 g/mol. The summed E-state index contributed by atoms with van der Waals surface area (Å²) in [5.41, 5.74) is 1.12. The van der Waals surface area contributed by atoms with Crippen molar-refractivity contribution in [3.63, 3.8) is 0 Å². The van der Waals surface area contributed by atoms with Crippen LogP contribution in [0, 0.1) is 0 Å². The van der Waals surface area contributed by atoms with Crippen molar-refractivity contribution >= 4 is 10.8 Å². The van der Waals surface area contributed by atoms with Gasteiger partial charge in [0.05, 0.1) is 6.61 Å². The van der Waals surface area contributed by atoms with Gasteiger partial charge < -0.3 is 9.47 Å². The van der Waals surface area contributed by atoms with Gasteiger partial charge in [-0.3, -0.25) is 0 Å². The quantitative estimate of drug-likeness (QED) is 0.668. The van der Waals surface area contributed by atoms with Crippen LogP contribution < -0.4 is 4.74 Å². The molecule has 0 spiro atoms. The van der Waals surface area contributed by atoms with Gasteiger partial charge in [0.2, 0.25) is 5.79 Å². The molecule has 0 bridgehead atoms. The van der Waals surface area contributed by atoms with Gasteiger partial charge in [0.15, 0.2) is 0 Å². The lowest BCUT2D eigenvalue weighted by Gasteiger charge is -2.32. The highest BCUT2D eigenvalue weighted by Gasteiger charge is 2.27. The molecule has 0 aromatic heterocycles. The maximum Gasteiger partial charge on any atom is 0.205 e. The van der Waals surface area contributed by atoms with Crippen LogP contribution in [0.2, 0.25) is 0 Å². The number of hydrogen-bond donors (Lipinski definition) is 0. The van der Waals surface area contributed by atoms with E-state index in [0.717, 1.165) is 11.3 Å². The minimum absolute atomic E-state index is 0.518. The van der Waals surface area contributed by atoms with Crippen molar-refractivity contribution in [3.05, 3.63) is 42.0 Å². The summed E-state index contributed by atoms with van der Waals surface area (Å²) >= 11 is 0. The molecule has 16 heavy (non-hydrogen) atoms. The summed E-state index contributed by atoms with van der Waals surface area (Å²) < 4.78 is 11.4. The number of fused-ring (bicyclic) bond motifs is 2. The van der Waals surface area contributed by atoms with E-state index in [1.165, 1.54) is 10.8 Å². The molecule has 0 saturated heterocycles. The Hall–Kier alpha value is -1.54. The number of rotatable bonds is 0. The molecule has 1 heterocycles. The second-order valence-corrected chi connectivity index (χ2v) is 4.60. The van der Waals surface area contributed by atoms with Gasteiger partial charge >= 0.3 is 0 Å². The molecule has 1 aliphatic rings. The first-order chi connectivity index (χ1) is 7.64. The highest BCUT2D eigenvalue weighted by atomic mass is 16.7. The fourth-order valence-corrected chi connectivity index (χ4v) is 2.02. The topological polar surface area (TPSA) is 18.5 Å². The minimum Gasteiger partial charge on any atom is -0.463 e. The summed E-state index contributed by atoms with van der Waals surface area (Å²) in [6, 6.07) is 12.5. The molecule has 2 aromatic carbocycles. The van der Waals surface area contributed by atoms with Crippen LogP contribution in [0.25, 0.3) is 10.8 Å². The van der Waals surface area contributed by atoms with Gasteiger partial charge in [0.25, 0.3) is 0 Å². The number of ether oxygens (including phenoxy) is 2. The summed E-state index contributed by atoms with van der Waals surface area (Å²) in [6.45, 7) is 4.49. The van der Waals surface area contributed by atoms with Crippen molar-refractivity contribution in [2.75, 3.05) is 0 Å². The predicted molar refractivity (Wildman–Crippen MR) is 63.4 cm³/mol. The summed E-state index contributed by atoms with van der Waals surface area (Å²) in [4.78, 5) is 0. The average molecular weight is 214 g/mol. The van der Waals surface area contributed by atoms with Crippen LogP contribution in [-0.4, -0.2) is 5.79 Å². The zero-order valence-corrected chi connectivity index (χ0v) is 9.49. The van der Waals surface area contributed by atoms with Crippen LogP contribution in [0.4, 0.5) is 0 Å². The van der Waals surface area contributed by atoms with Crippen molar-refractivity contribution in [2.24, 2.45) is 0 Å². The molecule has 0 aliphatic carbocycles. The molecule has 0 saturated carbocycles. The molecule has 0 N–H and O–H groups in total. The average Bonchev–Trinajstić information content (AvgIpc) is 2.25. The molecule has 3 rings (SSSR count). The van der Waals surface area contributed by atoms with Crippen molar-refractivity contribution in [3.8, 4) is 5.75 Å². The molecule has 0 fully saturated rings. The smallest absolute Gasteiger partial charge is 0.205 e. The van der Waals surface area contributed by atoms with Gasteiger partial charge in [0, 0.05) is 19.4 Å². The van der Waals surface area contributed by atoms with E-state index in [9.17, 15) is 0 Å². The Balaban J connectivity index is 2.17. The minimum atomic E-state index is -0.518. The molecular formula is C14H14O2. The van der Waals surface area contributed by atoms with Crippen molar-refractivity contribution in [1.82, 2.24) is 0 Å². The Kier molecular flexibility index (Phi) is 1.95. The Morgan fingerprint density at radius 3 is 2.50 bits per heavy atom. The van der Waals surface area contributed by atoms with E-state index in [1.54, 1.807) is 0 Å². The number of benzene rings is 2. The fraction of sp³-hybridized carbons (Fsp3) is 0.286. The zero-order chi connectivity index (χ0) is 11.2. The molecule has 2 nitrogen and oxygen atoms in total. The van der Waals surface area contributed by atoms with Gasteiger partial charge in [-0.15, -0.1) is 0 Å². The largest absolute Gasteiger partial charge is 0.463 e. The summed E-state index contributed by atoms with van der Waals surface area (Å²) in [5.74, 6) is 0.421. The van der Waals surface area contributed by atoms with Crippen LogP contribution in [-0.2, 0) is 11.3 Å². The summed E-state index contributed by atoms with van der Waals surface area (Å²) in [7, 11) is 0. The SMILES string of the molecule is CC1(C)OCc2cc3ccccc3cc2O1. The Morgan fingerprint density at radius 1 is 1.06 bits per heavy atom. The van der Waals surface area contributed by atoms with Crippen molar-refractivity contribution in [1.29, 1.82) is 0 Å². The zero-order valence-electron chi connectivity index (χ0n) is 9.49. The molecule has 0 atom stereocenters. The first-order valence-electron chi connectivity index (χ1n) is 5.49. The Labute approximate surface area is 94.8 Å². The second-order valence-electron chi connectivity index (χ2n) is 4.60. The van der Waals surface area contributed by atoms with Gasteiger partial charge in [-0.25, -0.2) is 0 Å². The standard InChI is InChI=1S/C14H14O2/c1-14(2)15-9-12-7-10-5-3-4-6-11(10)8-13(12)16-14/h3-8H,9H2,1-2H3. The van der Waals surface area contributed by atoms with E-state index in [4.69, 9.17) is 9.47 Å². The lowest BCUT2D eigenvalue weighted by molar-refractivity contribution is -0.179. The van der Waals surface area contributed by atoms with Gasteiger partial charge in [0.1, 0.15) is 5.75 Å². The first kappa shape index (κ1) is 9.67. The fourth-order valence-electron chi connectivity index (χ4n) is 2.02. The normalized spacial score (nSPS) is 17.9. The van der Waals surface area contributed by atoms with E-state index in [1.807, 2.05) is 26.0 Å². The van der Waals surface area contributed by atoms with Crippen molar-refractivity contribution in [2.45, 2.75) is 26.2 Å². The van der Waals surface area contributed by atoms with Gasteiger partial charge in [-0.1, -0.05) is 24.3 Å². The molecular weight excluding hydrogens is 200 g/mol. The van der Waals surface area contributed by atoms with Crippen molar-refractivity contribution < 1.29 is 9.47 Å². The van der Waals surface area contributed by atoms with Crippen LogP contribution in [0.1, 0.15) is 19.4 Å². The molecule has 2 heteroatoms. The van der Waals surface area contributed by atoms with Crippen LogP contribution >= 0.6 is 0 Å². The molecule has 2 aromatic rings. The molecule has 0 radical (unpaired) electrons. The number of hydrogen-bond acceptors (Lipinski definition) is 2. The van der Waals surface area contributed by atoms with E-state index in [0.29, 0.717) is 6.61 Å². The van der Waals surface area contributed by atoms with Crippen LogP contribution in [0.3, 0.4) is 0 Å². The highest BCUT2D eigenvalue weighted by Crippen LogP contribution is 2.34. The molecule has 0 unspecified atom stereocenters. The Morgan fingerprint density at radius 2 is 1.75 bits per heavy atom. The summed E-state index contributed by atoms with van der Waals surface area (Å²) in [6.07, 6.45) is 0. The lowest BCUT2D eigenvalue weighted by Crippen LogP contribution is -2.35. The first-order valence-corrected chi connectivity index (χ1v) is 5.49. The maximum atomic E-state index is 5.81. The second kappa shape index (κ2) is 3.22. The van der Waals surface area contributed by atoms with Crippen LogP contribution in [0.15, 0.2) is 36.4 Å². The van der Waals surface area contributed by atoms with E-state index < -0.39 is 5.79 Å². The predicted octanol–water partition coefficient (Wildman–Crippen LogP) is 3.48. The Bertz CT molecular complexity index is 543.